The van der Waals surface area contributed by atoms with Crippen LogP contribution in [0.25, 0.3) is 0 Å². The van der Waals surface area contributed by atoms with Crippen molar-refractivity contribution in [3.8, 4) is 17.2 Å². The van der Waals surface area contributed by atoms with E-state index in [-0.39, 0.29) is 18.5 Å². The summed E-state index contributed by atoms with van der Waals surface area (Å²) in [6, 6.07) is 6.50. The molecule has 0 radical (unpaired) electrons. The van der Waals surface area contributed by atoms with E-state index in [9.17, 15) is 9.59 Å². The molecule has 1 aromatic heterocycles. The number of benzene rings is 1. The average molecular weight is 364 g/mol. The molecule has 2 aromatic rings. The molecule has 0 bridgehead atoms. The van der Waals surface area contributed by atoms with Crippen LogP contribution in [0.4, 0.5) is 5.82 Å². The number of esters is 1. The molecular weight excluding hydrogens is 348 g/mol. The fourth-order valence-electron chi connectivity index (χ4n) is 2.02. The summed E-state index contributed by atoms with van der Waals surface area (Å²) in [5.74, 6) is 1.76. The minimum Gasteiger partial charge on any atom is -0.454 e. The number of nitrogens with zero attached hydrogens (tertiary/aromatic N) is 1. The largest absolute Gasteiger partial charge is 0.454 e. The van der Waals surface area contributed by atoms with Gasteiger partial charge < -0.3 is 24.1 Å². The molecule has 1 aliphatic heterocycles. The number of aromatic nitrogens is 1. The van der Waals surface area contributed by atoms with Crippen molar-refractivity contribution in [2.45, 2.75) is 19.1 Å². The van der Waals surface area contributed by atoms with E-state index in [4.69, 9.17) is 18.7 Å². The lowest BCUT2D eigenvalue weighted by molar-refractivity contribution is -0.131. The van der Waals surface area contributed by atoms with Crippen molar-refractivity contribution < 1.29 is 28.3 Å². The Labute approximate surface area is 147 Å². The Balaban J connectivity index is 1.45. The van der Waals surface area contributed by atoms with Crippen LogP contribution < -0.4 is 19.5 Å². The normalized spacial score (nSPS) is 13.4. The Morgan fingerprint density at radius 1 is 1.32 bits per heavy atom. The maximum Gasteiger partial charge on any atom is 0.321 e. The zero-order valence-electron chi connectivity index (χ0n) is 13.6. The van der Waals surface area contributed by atoms with Crippen LogP contribution in [-0.2, 0) is 9.59 Å². The van der Waals surface area contributed by atoms with Crippen LogP contribution >= 0.6 is 11.8 Å². The van der Waals surface area contributed by atoms with Gasteiger partial charge in [0.1, 0.15) is 11.5 Å². The summed E-state index contributed by atoms with van der Waals surface area (Å²) in [6.45, 7) is 3.58. The van der Waals surface area contributed by atoms with Gasteiger partial charge >= 0.3 is 5.97 Å². The maximum atomic E-state index is 12.0. The van der Waals surface area contributed by atoms with Gasteiger partial charge in [-0.15, -0.1) is 11.8 Å². The highest BCUT2D eigenvalue weighted by molar-refractivity contribution is 8.01. The fourth-order valence-corrected chi connectivity index (χ4v) is 2.68. The second-order valence-electron chi connectivity index (χ2n) is 5.25. The molecule has 0 unspecified atom stereocenters. The summed E-state index contributed by atoms with van der Waals surface area (Å²) in [5, 5.41) is 5.85. The van der Waals surface area contributed by atoms with Crippen molar-refractivity contribution in [2.24, 2.45) is 0 Å². The second-order valence-corrected chi connectivity index (χ2v) is 6.58. The Kier molecular flexibility index (Phi) is 5.13. The highest BCUT2D eigenvalue weighted by Gasteiger charge is 2.19. The van der Waals surface area contributed by atoms with Crippen LogP contribution in [0.3, 0.4) is 0 Å². The smallest absolute Gasteiger partial charge is 0.321 e. The molecule has 1 aliphatic rings. The number of thioether (sulfide) groups is 1. The van der Waals surface area contributed by atoms with Gasteiger partial charge in [0, 0.05) is 12.1 Å². The van der Waals surface area contributed by atoms with E-state index in [0.29, 0.717) is 28.8 Å². The van der Waals surface area contributed by atoms with E-state index in [2.05, 4.69) is 10.5 Å². The summed E-state index contributed by atoms with van der Waals surface area (Å²) >= 11 is 1.16. The summed E-state index contributed by atoms with van der Waals surface area (Å²) < 4.78 is 20.5. The van der Waals surface area contributed by atoms with E-state index < -0.39 is 11.2 Å². The zero-order chi connectivity index (χ0) is 17.8. The van der Waals surface area contributed by atoms with E-state index in [0.717, 1.165) is 11.8 Å². The van der Waals surface area contributed by atoms with Crippen molar-refractivity contribution in [2.75, 3.05) is 17.9 Å². The van der Waals surface area contributed by atoms with Gasteiger partial charge in [-0.3, -0.25) is 9.59 Å². The lowest BCUT2D eigenvalue weighted by Gasteiger charge is -2.10. The minimum atomic E-state index is -0.458. The third-order valence-corrected chi connectivity index (χ3v) is 4.39. The molecule has 1 atom stereocenters. The van der Waals surface area contributed by atoms with Crippen molar-refractivity contribution in [1.29, 1.82) is 0 Å². The molecular formula is C16H16N2O6S. The predicted molar refractivity (Wildman–Crippen MR) is 90.0 cm³/mol. The number of ether oxygens (including phenoxy) is 3. The number of aryl methyl sites for hydroxylation is 1. The average Bonchev–Trinajstić information content (AvgIpc) is 3.20. The number of anilines is 1. The van der Waals surface area contributed by atoms with Gasteiger partial charge in [0.2, 0.25) is 12.7 Å². The molecule has 8 nitrogen and oxygen atoms in total. The van der Waals surface area contributed by atoms with E-state index >= 15 is 0 Å². The molecule has 0 fully saturated rings. The molecule has 0 saturated carbocycles. The van der Waals surface area contributed by atoms with Crippen molar-refractivity contribution in [3.05, 3.63) is 30.0 Å². The van der Waals surface area contributed by atoms with E-state index in [1.807, 2.05) is 0 Å². The van der Waals surface area contributed by atoms with Gasteiger partial charge in [-0.1, -0.05) is 5.16 Å². The number of hydrogen-bond acceptors (Lipinski definition) is 8. The topological polar surface area (TPSA) is 99.9 Å². The number of hydrogen-bond donors (Lipinski definition) is 1. The summed E-state index contributed by atoms with van der Waals surface area (Å²) in [7, 11) is 0. The Hall–Kier alpha value is -2.68. The van der Waals surface area contributed by atoms with E-state index in [1.165, 1.54) is 0 Å². The maximum absolute atomic E-state index is 12.0. The molecule has 1 amide bonds. The number of amides is 1. The van der Waals surface area contributed by atoms with Crippen molar-refractivity contribution >= 4 is 29.5 Å². The number of fused-ring (bicyclic) bond motifs is 1. The number of nitrogens with one attached hydrogen (secondary N) is 1. The fraction of sp³-hybridized carbons (Fsp3) is 0.312. The second kappa shape index (κ2) is 7.47. The van der Waals surface area contributed by atoms with Crippen LogP contribution in [-0.4, -0.2) is 34.8 Å². The number of rotatable bonds is 6. The SMILES string of the molecule is Cc1cc(NC(=O)[C@@H](C)SCC(=O)Oc2ccc3c(c2)OCO3)no1. The van der Waals surface area contributed by atoms with Gasteiger partial charge in [-0.2, -0.15) is 0 Å². The Bertz CT molecular complexity index is 791. The van der Waals surface area contributed by atoms with Gasteiger partial charge in [0.25, 0.3) is 0 Å². The highest BCUT2D eigenvalue weighted by Crippen LogP contribution is 2.35. The first-order chi connectivity index (χ1) is 12.0. The molecule has 1 N–H and O–H groups in total. The highest BCUT2D eigenvalue weighted by atomic mass is 32.2. The third kappa shape index (κ3) is 4.44. The van der Waals surface area contributed by atoms with Gasteiger partial charge in [-0.05, 0) is 26.0 Å². The van der Waals surface area contributed by atoms with Gasteiger partial charge in [-0.25, -0.2) is 0 Å². The van der Waals surface area contributed by atoms with Gasteiger partial charge in [0.15, 0.2) is 17.3 Å². The first-order valence-electron chi connectivity index (χ1n) is 7.47. The quantitative estimate of drug-likeness (QED) is 0.616. The van der Waals surface area contributed by atoms with Crippen LogP contribution in [0.1, 0.15) is 12.7 Å². The van der Waals surface area contributed by atoms with Crippen molar-refractivity contribution in [1.82, 2.24) is 5.16 Å². The Morgan fingerprint density at radius 3 is 2.88 bits per heavy atom. The first kappa shape index (κ1) is 17.2. The predicted octanol–water partition coefficient (Wildman–Crippen LogP) is 2.38. The molecule has 0 saturated heterocycles. The molecule has 0 aliphatic carbocycles. The number of carbonyl (C=O) groups excluding carboxylic acids is 2. The molecule has 1 aromatic carbocycles. The zero-order valence-corrected chi connectivity index (χ0v) is 14.4. The Morgan fingerprint density at radius 2 is 2.12 bits per heavy atom. The molecule has 2 heterocycles. The third-order valence-electron chi connectivity index (χ3n) is 3.28. The summed E-state index contributed by atoms with van der Waals surface area (Å²) in [4.78, 5) is 24.0. The monoisotopic (exact) mass is 364 g/mol. The van der Waals surface area contributed by atoms with Gasteiger partial charge in [0.05, 0.1) is 11.0 Å². The molecule has 0 spiro atoms. The van der Waals surface area contributed by atoms with E-state index in [1.54, 1.807) is 38.1 Å². The van der Waals surface area contributed by atoms with Crippen LogP contribution in [0, 0.1) is 6.92 Å². The lowest BCUT2D eigenvalue weighted by atomic mass is 10.3. The van der Waals surface area contributed by atoms with Crippen LogP contribution in [0.15, 0.2) is 28.8 Å². The summed E-state index contributed by atoms with van der Waals surface area (Å²) in [5.41, 5.74) is 0. The molecule has 25 heavy (non-hydrogen) atoms. The standard InChI is InChI=1S/C16H16N2O6S/c1-9-5-14(18-24-9)17-16(20)10(2)25-7-15(19)23-11-3-4-12-13(6-11)22-8-21-12/h3-6,10H,7-8H2,1-2H3,(H,17,18,20)/t10-/m1/s1. The summed E-state index contributed by atoms with van der Waals surface area (Å²) in [6.07, 6.45) is 0. The van der Waals surface area contributed by atoms with Crippen LogP contribution in [0.5, 0.6) is 17.2 Å². The van der Waals surface area contributed by atoms with Crippen LogP contribution in [0.2, 0.25) is 0 Å². The minimum absolute atomic E-state index is 0.0286. The number of carbonyl (C=O) groups is 2. The van der Waals surface area contributed by atoms with Crippen molar-refractivity contribution in [3.63, 3.8) is 0 Å². The molecule has 132 valence electrons. The first-order valence-corrected chi connectivity index (χ1v) is 8.52. The molecule has 3 rings (SSSR count). The lowest BCUT2D eigenvalue weighted by Crippen LogP contribution is -2.24. The molecule has 9 heteroatoms.